The second-order valence-electron chi connectivity index (χ2n) is 6.28. The second-order valence-corrected chi connectivity index (χ2v) is 6.28. The van der Waals surface area contributed by atoms with Gasteiger partial charge in [-0.3, -0.25) is 0 Å². The van der Waals surface area contributed by atoms with E-state index in [1.54, 1.807) is 0 Å². The van der Waals surface area contributed by atoms with Crippen LogP contribution in [-0.4, -0.2) is 49.6 Å². The van der Waals surface area contributed by atoms with E-state index in [1.165, 1.54) is 0 Å². The van der Waals surface area contributed by atoms with Crippen molar-refractivity contribution in [1.29, 1.82) is 0 Å². The van der Waals surface area contributed by atoms with Gasteiger partial charge in [0.2, 0.25) is 0 Å². The first-order valence-corrected chi connectivity index (χ1v) is 10.3. The first-order chi connectivity index (χ1) is 12.5. The van der Waals surface area contributed by atoms with Gasteiger partial charge in [0.1, 0.15) is 0 Å². The lowest BCUT2D eigenvalue weighted by Crippen LogP contribution is -2.39. The zero-order valence-corrected chi connectivity index (χ0v) is 17.3. The van der Waals surface area contributed by atoms with Crippen LogP contribution in [0.4, 0.5) is 0 Å². The van der Waals surface area contributed by atoms with Crippen LogP contribution in [0.3, 0.4) is 0 Å². The number of hydrogen-bond acceptors (Lipinski definition) is 5. The summed E-state index contributed by atoms with van der Waals surface area (Å²) >= 11 is 0. The van der Waals surface area contributed by atoms with Crippen LogP contribution in [0.2, 0.25) is 0 Å². The highest BCUT2D eigenvalue weighted by atomic mass is 16.9. The maximum absolute atomic E-state index is 11.0. The molecule has 6 heteroatoms. The zero-order chi connectivity index (χ0) is 19.7. The SMILES string of the molecule is CCOC(CCCCCCCCCC(OCC)(OCC)OCC)C(=O)O. The molecular weight excluding hydrogens is 336 g/mol. The van der Waals surface area contributed by atoms with Gasteiger partial charge in [0.05, 0.1) is 0 Å². The number of unbranched alkanes of at least 4 members (excludes halogenated alkanes) is 6. The number of hydrogen-bond donors (Lipinski definition) is 1. The molecule has 1 atom stereocenters. The maximum Gasteiger partial charge on any atom is 0.332 e. The lowest BCUT2D eigenvalue weighted by Gasteiger charge is -2.32. The van der Waals surface area contributed by atoms with Crippen molar-refractivity contribution in [3.63, 3.8) is 0 Å². The van der Waals surface area contributed by atoms with E-state index in [9.17, 15) is 4.79 Å². The van der Waals surface area contributed by atoms with Crippen LogP contribution >= 0.6 is 0 Å². The van der Waals surface area contributed by atoms with Crippen LogP contribution in [0.1, 0.15) is 85.5 Å². The first kappa shape index (κ1) is 25.3. The Morgan fingerprint density at radius 2 is 1.23 bits per heavy atom. The van der Waals surface area contributed by atoms with E-state index >= 15 is 0 Å². The molecule has 0 aliphatic rings. The second kappa shape index (κ2) is 16.5. The van der Waals surface area contributed by atoms with Crippen LogP contribution in [0, 0.1) is 0 Å². The van der Waals surface area contributed by atoms with E-state index < -0.39 is 18.0 Å². The Morgan fingerprint density at radius 3 is 1.65 bits per heavy atom. The van der Waals surface area contributed by atoms with Crippen LogP contribution in [-0.2, 0) is 23.7 Å². The molecule has 0 amide bonds. The molecule has 0 aromatic heterocycles. The van der Waals surface area contributed by atoms with Crippen molar-refractivity contribution >= 4 is 5.97 Å². The number of carboxylic acid groups (broad SMARTS) is 1. The molecule has 26 heavy (non-hydrogen) atoms. The average molecular weight is 377 g/mol. The fourth-order valence-corrected chi connectivity index (χ4v) is 3.04. The molecule has 0 heterocycles. The van der Waals surface area contributed by atoms with Gasteiger partial charge in [0.25, 0.3) is 5.97 Å². The summed E-state index contributed by atoms with van der Waals surface area (Å²) in [4.78, 5) is 11.0. The van der Waals surface area contributed by atoms with Crippen LogP contribution in [0.15, 0.2) is 0 Å². The minimum atomic E-state index is -0.886. The maximum atomic E-state index is 11.0. The Bertz CT molecular complexity index is 317. The van der Waals surface area contributed by atoms with Crippen molar-refractivity contribution < 1.29 is 28.8 Å². The number of rotatable bonds is 19. The third-order valence-corrected chi connectivity index (χ3v) is 4.19. The fourth-order valence-electron chi connectivity index (χ4n) is 3.04. The summed E-state index contributed by atoms with van der Waals surface area (Å²) in [6.45, 7) is 9.84. The third-order valence-electron chi connectivity index (χ3n) is 4.19. The summed E-state index contributed by atoms with van der Waals surface area (Å²) in [7, 11) is 0. The summed E-state index contributed by atoms with van der Waals surface area (Å²) in [5.41, 5.74) is 0. The van der Waals surface area contributed by atoms with E-state index in [-0.39, 0.29) is 0 Å². The van der Waals surface area contributed by atoms with E-state index in [4.69, 9.17) is 24.1 Å². The van der Waals surface area contributed by atoms with Gasteiger partial charge in [0, 0.05) is 32.8 Å². The van der Waals surface area contributed by atoms with Gasteiger partial charge in [-0.25, -0.2) is 4.79 Å². The summed E-state index contributed by atoms with van der Waals surface area (Å²) in [6.07, 6.45) is 8.23. The summed E-state index contributed by atoms with van der Waals surface area (Å²) in [6, 6.07) is 0. The molecule has 6 nitrogen and oxygen atoms in total. The van der Waals surface area contributed by atoms with Crippen molar-refractivity contribution in [3.8, 4) is 0 Å². The van der Waals surface area contributed by atoms with Crippen molar-refractivity contribution in [3.05, 3.63) is 0 Å². The Balaban J connectivity index is 3.82. The first-order valence-electron chi connectivity index (χ1n) is 10.3. The van der Waals surface area contributed by atoms with Gasteiger partial charge in [-0.1, -0.05) is 38.5 Å². The van der Waals surface area contributed by atoms with Crippen LogP contribution in [0.25, 0.3) is 0 Å². The van der Waals surface area contributed by atoms with Gasteiger partial charge in [-0.05, 0) is 40.5 Å². The summed E-state index contributed by atoms with van der Waals surface area (Å²) in [5, 5.41) is 9.03. The number of ether oxygens (including phenoxy) is 4. The van der Waals surface area contributed by atoms with Crippen molar-refractivity contribution in [2.45, 2.75) is 97.6 Å². The lowest BCUT2D eigenvalue weighted by molar-refractivity contribution is -0.380. The topological polar surface area (TPSA) is 74.2 Å². The smallest absolute Gasteiger partial charge is 0.332 e. The highest BCUT2D eigenvalue weighted by molar-refractivity contribution is 5.72. The molecule has 0 fully saturated rings. The predicted molar refractivity (Wildman–Crippen MR) is 102 cm³/mol. The highest BCUT2D eigenvalue weighted by Crippen LogP contribution is 2.24. The third kappa shape index (κ3) is 11.8. The number of carbonyl (C=O) groups is 1. The standard InChI is InChI=1S/C20H40O6/c1-5-23-18(19(21)22)16-14-12-10-9-11-13-15-17-20(24-6-2,25-7-3)26-8-4/h18H,5-17H2,1-4H3,(H,21,22). The van der Waals surface area contributed by atoms with Gasteiger partial charge >= 0.3 is 5.97 Å². The Hall–Kier alpha value is -0.690. The molecule has 0 aromatic carbocycles. The van der Waals surface area contributed by atoms with Crippen molar-refractivity contribution in [2.75, 3.05) is 26.4 Å². The fraction of sp³-hybridized carbons (Fsp3) is 0.950. The molecule has 1 unspecified atom stereocenters. The van der Waals surface area contributed by atoms with E-state index in [1.807, 2.05) is 27.7 Å². The van der Waals surface area contributed by atoms with Gasteiger partial charge in [-0.15, -0.1) is 0 Å². The number of aliphatic carboxylic acids is 1. The molecule has 1 N–H and O–H groups in total. The van der Waals surface area contributed by atoms with Crippen molar-refractivity contribution in [2.24, 2.45) is 0 Å². The van der Waals surface area contributed by atoms with E-state index in [0.29, 0.717) is 32.8 Å². The molecule has 0 bridgehead atoms. The van der Waals surface area contributed by atoms with E-state index in [2.05, 4.69) is 0 Å². The molecule has 0 aromatic rings. The van der Waals surface area contributed by atoms with Gasteiger partial charge in [0.15, 0.2) is 6.10 Å². The lowest BCUT2D eigenvalue weighted by atomic mass is 10.0. The van der Waals surface area contributed by atoms with E-state index in [0.717, 1.165) is 51.4 Å². The molecule has 0 saturated carbocycles. The quantitative estimate of drug-likeness (QED) is 0.259. The summed E-state index contributed by atoms with van der Waals surface area (Å²) in [5.74, 6) is -1.74. The molecule has 156 valence electrons. The predicted octanol–water partition coefficient (Wildman–Crippen LogP) is 4.75. The molecule has 0 aliphatic carbocycles. The zero-order valence-electron chi connectivity index (χ0n) is 17.3. The number of carboxylic acids is 1. The van der Waals surface area contributed by atoms with Gasteiger partial charge < -0.3 is 24.1 Å². The minimum absolute atomic E-state index is 0.448. The Labute approximate surface area is 159 Å². The van der Waals surface area contributed by atoms with Crippen molar-refractivity contribution in [1.82, 2.24) is 0 Å². The van der Waals surface area contributed by atoms with Gasteiger partial charge in [-0.2, -0.15) is 0 Å². The summed E-state index contributed by atoms with van der Waals surface area (Å²) < 4.78 is 22.4. The average Bonchev–Trinajstić information content (AvgIpc) is 2.60. The minimum Gasteiger partial charge on any atom is -0.479 e. The molecule has 0 spiro atoms. The molecule has 0 radical (unpaired) electrons. The molecule has 0 rings (SSSR count). The largest absolute Gasteiger partial charge is 0.479 e. The Kier molecular flexibility index (Phi) is 16.0. The molecule has 0 saturated heterocycles. The molecule has 0 aliphatic heterocycles. The Morgan fingerprint density at radius 1 is 0.769 bits per heavy atom. The monoisotopic (exact) mass is 376 g/mol. The van der Waals surface area contributed by atoms with Crippen LogP contribution < -0.4 is 0 Å². The highest BCUT2D eigenvalue weighted by Gasteiger charge is 2.31. The molecular formula is C20H40O6. The normalized spacial score (nSPS) is 13.1. The van der Waals surface area contributed by atoms with Crippen LogP contribution in [0.5, 0.6) is 0 Å².